The molecule has 2 atom stereocenters. The van der Waals surface area contributed by atoms with Crippen LogP contribution in [0, 0.1) is 0 Å². The van der Waals surface area contributed by atoms with Crippen molar-refractivity contribution < 1.29 is 0 Å². The van der Waals surface area contributed by atoms with Crippen molar-refractivity contribution in [1.82, 2.24) is 9.80 Å². The summed E-state index contributed by atoms with van der Waals surface area (Å²) in [7, 11) is 0. The van der Waals surface area contributed by atoms with Crippen molar-refractivity contribution in [3.8, 4) is 0 Å². The maximum atomic E-state index is 6.11. The van der Waals surface area contributed by atoms with Gasteiger partial charge in [-0.3, -0.25) is 4.90 Å². The minimum Gasteiger partial charge on any atom is -0.329 e. The Kier molecular flexibility index (Phi) is 4.75. The molecule has 0 saturated carbocycles. The van der Waals surface area contributed by atoms with Crippen molar-refractivity contribution in [2.24, 2.45) is 5.73 Å². The number of rotatable bonds is 4. The van der Waals surface area contributed by atoms with Gasteiger partial charge in [-0.25, -0.2) is 0 Å². The fourth-order valence-corrected chi connectivity index (χ4v) is 4.81. The van der Waals surface area contributed by atoms with Gasteiger partial charge in [-0.1, -0.05) is 13.8 Å². The van der Waals surface area contributed by atoms with Gasteiger partial charge in [0.2, 0.25) is 0 Å². The van der Waals surface area contributed by atoms with Gasteiger partial charge in [-0.15, -0.1) is 0 Å². The SMILES string of the molecule is CCCN1CCN(C2(CN)CCSC2C)CC1. The van der Waals surface area contributed by atoms with Crippen molar-refractivity contribution in [3.63, 3.8) is 0 Å². The van der Waals surface area contributed by atoms with Gasteiger partial charge in [-0.05, 0) is 25.1 Å². The minimum absolute atomic E-state index is 0.295. The largest absolute Gasteiger partial charge is 0.329 e. The molecular formula is C13H27N3S. The van der Waals surface area contributed by atoms with Crippen LogP contribution in [0.5, 0.6) is 0 Å². The van der Waals surface area contributed by atoms with Gasteiger partial charge in [0.15, 0.2) is 0 Å². The van der Waals surface area contributed by atoms with E-state index in [1.165, 1.54) is 51.3 Å². The third-order valence-corrected chi connectivity index (χ3v) is 5.93. The lowest BCUT2D eigenvalue weighted by molar-refractivity contribution is 0.0388. The smallest absolute Gasteiger partial charge is 0.0456 e. The number of nitrogens with zero attached hydrogens (tertiary/aromatic N) is 2. The quantitative estimate of drug-likeness (QED) is 0.821. The first kappa shape index (κ1) is 13.7. The van der Waals surface area contributed by atoms with Gasteiger partial charge in [0.1, 0.15) is 0 Å². The molecule has 2 rings (SSSR count). The third-order valence-electron chi connectivity index (χ3n) is 4.55. The summed E-state index contributed by atoms with van der Waals surface area (Å²) in [6.07, 6.45) is 2.55. The number of piperazine rings is 1. The molecule has 0 aromatic carbocycles. The van der Waals surface area contributed by atoms with E-state index in [1.54, 1.807) is 0 Å². The van der Waals surface area contributed by atoms with Gasteiger partial charge in [-0.2, -0.15) is 11.8 Å². The van der Waals surface area contributed by atoms with E-state index < -0.39 is 0 Å². The molecule has 2 fully saturated rings. The Bertz CT molecular complexity index is 241. The van der Waals surface area contributed by atoms with E-state index >= 15 is 0 Å². The Hall–Kier alpha value is 0.230. The second-order valence-electron chi connectivity index (χ2n) is 5.40. The lowest BCUT2D eigenvalue weighted by Gasteiger charge is -2.47. The molecule has 4 heteroatoms. The Labute approximate surface area is 110 Å². The van der Waals surface area contributed by atoms with Crippen LogP contribution in [0.3, 0.4) is 0 Å². The fraction of sp³-hybridized carbons (Fsp3) is 1.00. The predicted octanol–water partition coefficient (Wildman–Crippen LogP) is 1.24. The number of thioether (sulfide) groups is 1. The van der Waals surface area contributed by atoms with E-state index in [0.717, 1.165) is 6.54 Å². The molecular weight excluding hydrogens is 230 g/mol. The van der Waals surface area contributed by atoms with Crippen LogP contribution in [0.25, 0.3) is 0 Å². The molecule has 0 aromatic heterocycles. The highest BCUT2D eigenvalue weighted by atomic mass is 32.2. The van der Waals surface area contributed by atoms with Gasteiger partial charge < -0.3 is 10.6 Å². The summed E-state index contributed by atoms with van der Waals surface area (Å²) >= 11 is 2.10. The lowest BCUT2D eigenvalue weighted by atomic mass is 9.89. The monoisotopic (exact) mass is 257 g/mol. The van der Waals surface area contributed by atoms with Crippen LogP contribution in [-0.4, -0.2) is 65.6 Å². The van der Waals surface area contributed by atoms with Crippen LogP contribution >= 0.6 is 11.8 Å². The van der Waals surface area contributed by atoms with Crippen LogP contribution in [0.1, 0.15) is 26.7 Å². The summed E-state index contributed by atoms with van der Waals surface area (Å²) in [5, 5.41) is 0.699. The predicted molar refractivity (Wildman–Crippen MR) is 76.6 cm³/mol. The zero-order valence-electron chi connectivity index (χ0n) is 11.3. The van der Waals surface area contributed by atoms with Crippen molar-refractivity contribution in [1.29, 1.82) is 0 Å². The van der Waals surface area contributed by atoms with E-state index in [-0.39, 0.29) is 0 Å². The number of hydrogen-bond donors (Lipinski definition) is 1. The van der Waals surface area contributed by atoms with Crippen molar-refractivity contribution in [3.05, 3.63) is 0 Å². The minimum atomic E-state index is 0.295. The Morgan fingerprint density at radius 1 is 1.29 bits per heavy atom. The fourth-order valence-electron chi connectivity index (χ4n) is 3.32. The summed E-state index contributed by atoms with van der Waals surface area (Å²) in [6.45, 7) is 11.6. The molecule has 3 nitrogen and oxygen atoms in total. The topological polar surface area (TPSA) is 32.5 Å². The first-order valence-electron chi connectivity index (χ1n) is 7.02. The van der Waals surface area contributed by atoms with Crippen LogP contribution in [0.4, 0.5) is 0 Å². The number of hydrogen-bond acceptors (Lipinski definition) is 4. The molecule has 0 amide bonds. The molecule has 2 aliphatic heterocycles. The van der Waals surface area contributed by atoms with Gasteiger partial charge in [0.05, 0.1) is 0 Å². The lowest BCUT2D eigenvalue weighted by Crippen LogP contribution is -2.62. The van der Waals surface area contributed by atoms with Crippen molar-refractivity contribution in [2.75, 3.05) is 45.0 Å². The van der Waals surface area contributed by atoms with Crippen LogP contribution in [-0.2, 0) is 0 Å². The molecule has 2 N–H and O–H groups in total. The standard InChI is InChI=1S/C13H27N3S/c1-3-5-15-6-8-16(9-7-15)13(11-14)4-10-17-12(13)2/h12H,3-11,14H2,1-2H3. The normalized spacial score (nSPS) is 36.5. The first-order chi connectivity index (χ1) is 8.23. The number of nitrogens with two attached hydrogens (primary N) is 1. The van der Waals surface area contributed by atoms with Gasteiger partial charge in [0, 0.05) is 43.5 Å². The summed E-state index contributed by atoms with van der Waals surface area (Å²) in [5.41, 5.74) is 6.41. The zero-order chi connectivity index (χ0) is 12.3. The molecule has 2 unspecified atom stereocenters. The summed E-state index contributed by atoms with van der Waals surface area (Å²) < 4.78 is 0. The second-order valence-corrected chi connectivity index (χ2v) is 6.85. The highest BCUT2D eigenvalue weighted by Gasteiger charge is 2.45. The molecule has 2 saturated heterocycles. The Morgan fingerprint density at radius 2 is 2.00 bits per heavy atom. The van der Waals surface area contributed by atoms with E-state index in [0.29, 0.717) is 10.8 Å². The molecule has 0 aromatic rings. The van der Waals surface area contributed by atoms with Crippen molar-refractivity contribution in [2.45, 2.75) is 37.5 Å². The Balaban J connectivity index is 1.94. The molecule has 17 heavy (non-hydrogen) atoms. The van der Waals surface area contributed by atoms with Gasteiger partial charge >= 0.3 is 0 Å². The summed E-state index contributed by atoms with van der Waals surface area (Å²) in [4.78, 5) is 5.28. The van der Waals surface area contributed by atoms with Crippen LogP contribution in [0.15, 0.2) is 0 Å². The molecule has 0 spiro atoms. The zero-order valence-corrected chi connectivity index (χ0v) is 12.1. The van der Waals surface area contributed by atoms with Gasteiger partial charge in [0.25, 0.3) is 0 Å². The molecule has 2 heterocycles. The highest BCUT2D eigenvalue weighted by Crippen LogP contribution is 2.39. The average Bonchev–Trinajstić information content (AvgIpc) is 2.73. The summed E-state index contributed by atoms with van der Waals surface area (Å²) in [6, 6.07) is 0. The maximum absolute atomic E-state index is 6.11. The molecule has 0 aliphatic carbocycles. The summed E-state index contributed by atoms with van der Waals surface area (Å²) in [5.74, 6) is 1.29. The van der Waals surface area contributed by atoms with Crippen molar-refractivity contribution >= 4 is 11.8 Å². The third kappa shape index (κ3) is 2.65. The molecule has 100 valence electrons. The van der Waals surface area contributed by atoms with E-state index in [2.05, 4.69) is 35.4 Å². The maximum Gasteiger partial charge on any atom is 0.0456 e. The van der Waals surface area contributed by atoms with Crippen LogP contribution in [0.2, 0.25) is 0 Å². The average molecular weight is 257 g/mol. The second kappa shape index (κ2) is 5.91. The highest BCUT2D eigenvalue weighted by molar-refractivity contribution is 8.00. The van der Waals surface area contributed by atoms with E-state index in [1.807, 2.05) is 0 Å². The Morgan fingerprint density at radius 3 is 2.47 bits per heavy atom. The molecule has 0 bridgehead atoms. The van der Waals surface area contributed by atoms with Crippen LogP contribution < -0.4 is 5.73 Å². The molecule has 0 radical (unpaired) electrons. The van der Waals surface area contributed by atoms with E-state index in [9.17, 15) is 0 Å². The van der Waals surface area contributed by atoms with E-state index in [4.69, 9.17) is 5.73 Å². The first-order valence-corrected chi connectivity index (χ1v) is 8.07. The molecule has 2 aliphatic rings.